The highest BCUT2D eigenvalue weighted by Crippen LogP contribution is 2.26. The summed E-state index contributed by atoms with van der Waals surface area (Å²) in [6.45, 7) is 6.34. The Labute approximate surface area is 154 Å². The number of anilines is 2. The molecule has 2 rings (SSSR count). The van der Waals surface area contributed by atoms with Crippen LogP contribution < -0.4 is 15.4 Å². The molecule has 0 atom stereocenters. The number of benzene rings is 2. The van der Waals surface area contributed by atoms with Gasteiger partial charge >= 0.3 is 0 Å². The van der Waals surface area contributed by atoms with E-state index in [2.05, 4.69) is 17.6 Å². The maximum atomic E-state index is 12.7. The minimum Gasteiger partial charge on any atom is -0.493 e. The number of carbonyl (C=O) groups excluding carboxylic acids is 2. The molecule has 0 aliphatic rings. The average Bonchev–Trinajstić information content (AvgIpc) is 2.65. The molecule has 5 heteroatoms. The first kappa shape index (κ1) is 19.5. The van der Waals surface area contributed by atoms with Gasteiger partial charge < -0.3 is 15.4 Å². The molecule has 0 fully saturated rings. The summed E-state index contributed by atoms with van der Waals surface area (Å²) in [5.41, 5.74) is 2.66. The maximum absolute atomic E-state index is 12.7. The average molecular weight is 354 g/mol. The molecule has 0 unspecified atom stereocenters. The van der Waals surface area contributed by atoms with Gasteiger partial charge in [0.05, 0.1) is 12.2 Å². The van der Waals surface area contributed by atoms with E-state index in [0.717, 1.165) is 18.4 Å². The predicted molar refractivity (Wildman–Crippen MR) is 105 cm³/mol. The van der Waals surface area contributed by atoms with Crippen LogP contribution in [0, 0.1) is 6.92 Å². The first-order valence-corrected chi connectivity index (χ1v) is 8.99. The summed E-state index contributed by atoms with van der Waals surface area (Å²) in [7, 11) is 0. The second-order valence-electron chi connectivity index (χ2n) is 6.03. The highest BCUT2D eigenvalue weighted by atomic mass is 16.5. The van der Waals surface area contributed by atoms with Gasteiger partial charge in [-0.15, -0.1) is 0 Å². The lowest BCUT2D eigenvalue weighted by Gasteiger charge is -2.15. The van der Waals surface area contributed by atoms with E-state index in [1.165, 1.54) is 0 Å². The molecule has 0 aromatic heterocycles. The summed E-state index contributed by atoms with van der Waals surface area (Å²) in [5.74, 6) is 0.275. The van der Waals surface area contributed by atoms with Gasteiger partial charge in [0.15, 0.2) is 0 Å². The third-order valence-corrected chi connectivity index (χ3v) is 4.06. The molecule has 0 saturated heterocycles. The Morgan fingerprint density at radius 3 is 2.35 bits per heavy atom. The van der Waals surface area contributed by atoms with Crippen LogP contribution in [0.25, 0.3) is 0 Å². The van der Waals surface area contributed by atoms with Gasteiger partial charge in [-0.1, -0.05) is 38.5 Å². The van der Waals surface area contributed by atoms with Crippen LogP contribution in [-0.4, -0.2) is 18.4 Å². The number of para-hydroxylation sites is 1. The van der Waals surface area contributed by atoms with Crippen molar-refractivity contribution in [2.75, 3.05) is 17.2 Å². The summed E-state index contributed by atoms with van der Waals surface area (Å²) >= 11 is 0. The normalized spacial score (nSPS) is 10.3. The molecule has 2 N–H and O–H groups in total. The van der Waals surface area contributed by atoms with E-state index in [9.17, 15) is 9.59 Å². The smallest absolute Gasteiger partial charge is 0.259 e. The Kier molecular flexibility index (Phi) is 7.21. The van der Waals surface area contributed by atoms with Crippen molar-refractivity contribution < 1.29 is 14.3 Å². The first-order valence-electron chi connectivity index (χ1n) is 8.99. The minimum absolute atomic E-state index is 0.0637. The SMILES string of the molecule is CCCCOc1ccccc1C(=O)Nc1cccc(NC(=O)CC)c1C. The summed E-state index contributed by atoms with van der Waals surface area (Å²) in [4.78, 5) is 24.4. The number of nitrogens with one attached hydrogen (secondary N) is 2. The zero-order valence-electron chi connectivity index (χ0n) is 15.6. The van der Waals surface area contributed by atoms with Gasteiger partial charge in [0.25, 0.3) is 5.91 Å². The van der Waals surface area contributed by atoms with Crippen LogP contribution in [-0.2, 0) is 4.79 Å². The third kappa shape index (κ3) is 5.09. The highest BCUT2D eigenvalue weighted by Gasteiger charge is 2.14. The summed E-state index contributed by atoms with van der Waals surface area (Å²) in [6.07, 6.45) is 2.37. The number of rotatable bonds is 8. The molecule has 2 aromatic rings. The van der Waals surface area contributed by atoms with Crippen molar-refractivity contribution >= 4 is 23.2 Å². The van der Waals surface area contributed by atoms with E-state index in [4.69, 9.17) is 4.74 Å². The summed E-state index contributed by atoms with van der Waals surface area (Å²) in [5, 5.41) is 5.76. The molecule has 26 heavy (non-hydrogen) atoms. The standard InChI is InChI=1S/C21H26N2O3/c1-4-6-14-26-19-13-8-7-10-16(19)21(25)23-18-12-9-11-17(15(18)3)22-20(24)5-2/h7-13H,4-6,14H2,1-3H3,(H,22,24)(H,23,25). The molecule has 0 radical (unpaired) electrons. The maximum Gasteiger partial charge on any atom is 0.259 e. The minimum atomic E-state index is -0.237. The van der Waals surface area contributed by atoms with E-state index >= 15 is 0 Å². The van der Waals surface area contributed by atoms with Gasteiger partial charge in [-0.05, 0) is 43.2 Å². The molecule has 0 bridgehead atoms. The van der Waals surface area contributed by atoms with Crippen molar-refractivity contribution in [3.63, 3.8) is 0 Å². The van der Waals surface area contributed by atoms with Crippen molar-refractivity contribution in [2.24, 2.45) is 0 Å². The van der Waals surface area contributed by atoms with Gasteiger partial charge in [0.2, 0.25) is 5.91 Å². The first-order chi connectivity index (χ1) is 12.6. The lowest BCUT2D eigenvalue weighted by molar-refractivity contribution is -0.115. The summed E-state index contributed by atoms with van der Waals surface area (Å²) in [6, 6.07) is 12.6. The second kappa shape index (κ2) is 9.61. The number of carbonyl (C=O) groups is 2. The Bertz CT molecular complexity index is 772. The second-order valence-corrected chi connectivity index (χ2v) is 6.03. The van der Waals surface area contributed by atoms with Crippen LogP contribution in [0.15, 0.2) is 42.5 Å². The van der Waals surface area contributed by atoms with Crippen molar-refractivity contribution in [3.8, 4) is 5.75 Å². The number of ether oxygens (including phenoxy) is 1. The van der Waals surface area contributed by atoms with Gasteiger partial charge in [-0.3, -0.25) is 9.59 Å². The molecule has 0 aliphatic carbocycles. The Morgan fingerprint density at radius 2 is 1.65 bits per heavy atom. The van der Waals surface area contributed by atoms with E-state index in [0.29, 0.717) is 35.7 Å². The zero-order chi connectivity index (χ0) is 18.9. The quantitative estimate of drug-likeness (QED) is 0.671. The number of hydrogen-bond acceptors (Lipinski definition) is 3. The summed E-state index contributed by atoms with van der Waals surface area (Å²) < 4.78 is 5.74. The molecule has 5 nitrogen and oxygen atoms in total. The fourth-order valence-electron chi connectivity index (χ4n) is 2.44. The van der Waals surface area contributed by atoms with Gasteiger partial charge in [-0.25, -0.2) is 0 Å². The molecule has 0 aliphatic heterocycles. The van der Waals surface area contributed by atoms with Gasteiger partial charge in [0, 0.05) is 17.8 Å². The van der Waals surface area contributed by atoms with E-state index in [-0.39, 0.29) is 11.8 Å². The number of hydrogen-bond donors (Lipinski definition) is 2. The number of amides is 2. The van der Waals surface area contributed by atoms with Crippen molar-refractivity contribution in [1.82, 2.24) is 0 Å². The fraction of sp³-hybridized carbons (Fsp3) is 0.333. The van der Waals surface area contributed by atoms with Crippen molar-refractivity contribution in [1.29, 1.82) is 0 Å². The molecular weight excluding hydrogens is 328 g/mol. The lowest BCUT2D eigenvalue weighted by atomic mass is 10.1. The van der Waals surface area contributed by atoms with E-state index in [1.807, 2.05) is 31.2 Å². The van der Waals surface area contributed by atoms with Crippen LogP contribution in [0.3, 0.4) is 0 Å². The highest BCUT2D eigenvalue weighted by molar-refractivity contribution is 6.07. The number of unbranched alkanes of at least 4 members (excludes halogenated alkanes) is 1. The lowest BCUT2D eigenvalue weighted by Crippen LogP contribution is -2.16. The van der Waals surface area contributed by atoms with Crippen molar-refractivity contribution in [2.45, 2.75) is 40.0 Å². The molecule has 2 aromatic carbocycles. The van der Waals surface area contributed by atoms with Gasteiger partial charge in [-0.2, -0.15) is 0 Å². The van der Waals surface area contributed by atoms with Crippen LogP contribution >= 0.6 is 0 Å². The monoisotopic (exact) mass is 354 g/mol. The van der Waals surface area contributed by atoms with Crippen molar-refractivity contribution in [3.05, 3.63) is 53.6 Å². The van der Waals surface area contributed by atoms with Crippen LogP contribution in [0.2, 0.25) is 0 Å². The van der Waals surface area contributed by atoms with Crippen LogP contribution in [0.1, 0.15) is 49.0 Å². The molecule has 0 spiro atoms. The fourth-order valence-corrected chi connectivity index (χ4v) is 2.44. The van der Waals surface area contributed by atoms with Gasteiger partial charge in [0.1, 0.15) is 5.75 Å². The van der Waals surface area contributed by atoms with E-state index < -0.39 is 0 Å². The molecule has 2 amide bonds. The molecule has 0 heterocycles. The molecular formula is C21H26N2O3. The molecule has 0 saturated carbocycles. The zero-order valence-corrected chi connectivity index (χ0v) is 15.6. The molecule has 138 valence electrons. The topological polar surface area (TPSA) is 67.4 Å². The van der Waals surface area contributed by atoms with E-state index in [1.54, 1.807) is 25.1 Å². The third-order valence-electron chi connectivity index (χ3n) is 4.06. The largest absolute Gasteiger partial charge is 0.493 e. The predicted octanol–water partition coefficient (Wildman–Crippen LogP) is 4.77. The van der Waals surface area contributed by atoms with Crippen LogP contribution in [0.4, 0.5) is 11.4 Å². The van der Waals surface area contributed by atoms with Crippen LogP contribution in [0.5, 0.6) is 5.75 Å². The Morgan fingerprint density at radius 1 is 0.962 bits per heavy atom. The Balaban J connectivity index is 2.18. The Hall–Kier alpha value is -2.82.